The summed E-state index contributed by atoms with van der Waals surface area (Å²) < 4.78 is 5.12. The number of carboxylic acids is 1. The van der Waals surface area contributed by atoms with Crippen molar-refractivity contribution < 1.29 is 14.6 Å². The lowest BCUT2D eigenvalue weighted by Crippen LogP contribution is -2.06. The molecular weight excluding hydrogens is 170 g/mol. The molecule has 0 saturated carbocycles. The second-order valence-corrected chi connectivity index (χ2v) is 2.46. The Morgan fingerprint density at radius 3 is 2.85 bits per heavy atom. The fourth-order valence-electron chi connectivity index (χ4n) is 1.05. The highest BCUT2D eigenvalue weighted by Gasteiger charge is 2.13. The molecule has 0 radical (unpaired) electrons. The maximum atomic E-state index is 10.8. The van der Waals surface area contributed by atoms with E-state index in [1.54, 1.807) is 19.1 Å². The van der Waals surface area contributed by atoms with Gasteiger partial charge in [-0.15, -0.1) is 0 Å². The van der Waals surface area contributed by atoms with Gasteiger partial charge < -0.3 is 15.6 Å². The number of nitrogen functional groups attached to an aromatic ring is 1. The zero-order chi connectivity index (χ0) is 9.84. The molecule has 0 aliphatic carbocycles. The van der Waals surface area contributed by atoms with Crippen molar-refractivity contribution in [1.82, 2.24) is 0 Å². The Morgan fingerprint density at radius 1 is 1.62 bits per heavy atom. The van der Waals surface area contributed by atoms with Gasteiger partial charge in [-0.1, -0.05) is 6.07 Å². The first kappa shape index (κ1) is 9.38. The molecule has 4 heteroatoms. The van der Waals surface area contributed by atoms with Crippen LogP contribution < -0.4 is 10.5 Å². The van der Waals surface area contributed by atoms with E-state index in [2.05, 4.69) is 0 Å². The molecule has 0 spiro atoms. The average Bonchev–Trinajstić information content (AvgIpc) is 2.04. The number of ether oxygens (including phenoxy) is 1. The summed E-state index contributed by atoms with van der Waals surface area (Å²) in [5, 5.41) is 8.81. The Balaban J connectivity index is 3.17. The van der Waals surface area contributed by atoms with E-state index in [9.17, 15) is 4.79 Å². The van der Waals surface area contributed by atoms with Gasteiger partial charge in [-0.05, 0) is 19.1 Å². The molecule has 0 aromatic heterocycles. The van der Waals surface area contributed by atoms with E-state index >= 15 is 0 Å². The minimum atomic E-state index is -1.07. The smallest absolute Gasteiger partial charge is 0.341 e. The minimum Gasteiger partial charge on any atom is -0.493 e. The Morgan fingerprint density at radius 2 is 2.31 bits per heavy atom. The number of benzene rings is 1. The van der Waals surface area contributed by atoms with Crippen molar-refractivity contribution in [2.45, 2.75) is 6.92 Å². The van der Waals surface area contributed by atoms with Crippen LogP contribution in [0.3, 0.4) is 0 Å². The molecule has 0 amide bonds. The molecule has 1 rings (SSSR count). The first-order valence-corrected chi connectivity index (χ1v) is 3.91. The van der Waals surface area contributed by atoms with E-state index in [0.29, 0.717) is 12.4 Å². The molecule has 13 heavy (non-hydrogen) atoms. The van der Waals surface area contributed by atoms with Gasteiger partial charge in [-0.25, -0.2) is 4.79 Å². The molecular formula is C9H11NO3. The van der Waals surface area contributed by atoms with Crippen molar-refractivity contribution in [3.8, 4) is 5.75 Å². The summed E-state index contributed by atoms with van der Waals surface area (Å²) in [6.45, 7) is 2.21. The second-order valence-electron chi connectivity index (χ2n) is 2.46. The lowest BCUT2D eigenvalue weighted by Gasteiger charge is -2.08. The molecule has 0 heterocycles. The zero-order valence-electron chi connectivity index (χ0n) is 7.28. The van der Waals surface area contributed by atoms with Crippen LogP contribution in [0.1, 0.15) is 17.3 Å². The lowest BCUT2D eigenvalue weighted by atomic mass is 10.1. The number of rotatable bonds is 3. The van der Waals surface area contributed by atoms with E-state index in [-0.39, 0.29) is 11.3 Å². The molecule has 0 unspecified atom stereocenters. The molecule has 1 aromatic rings. The maximum absolute atomic E-state index is 10.8. The summed E-state index contributed by atoms with van der Waals surface area (Å²) in [6.07, 6.45) is 0. The van der Waals surface area contributed by atoms with Gasteiger partial charge in [0.15, 0.2) is 0 Å². The molecule has 4 nitrogen and oxygen atoms in total. The van der Waals surface area contributed by atoms with Crippen molar-refractivity contribution in [1.29, 1.82) is 0 Å². The first-order chi connectivity index (χ1) is 6.16. The molecule has 0 bridgehead atoms. The summed E-state index contributed by atoms with van der Waals surface area (Å²) in [5.41, 5.74) is 5.74. The highest BCUT2D eigenvalue weighted by Crippen LogP contribution is 2.23. The van der Waals surface area contributed by atoms with Gasteiger partial charge in [-0.2, -0.15) is 0 Å². The fraction of sp³-hybridized carbons (Fsp3) is 0.222. The monoisotopic (exact) mass is 181 g/mol. The minimum absolute atomic E-state index is 0.0318. The quantitative estimate of drug-likeness (QED) is 0.690. The number of hydrogen-bond donors (Lipinski definition) is 2. The van der Waals surface area contributed by atoms with Crippen LogP contribution in [0.4, 0.5) is 5.69 Å². The third-order valence-corrected chi connectivity index (χ3v) is 1.57. The van der Waals surface area contributed by atoms with Crippen LogP contribution >= 0.6 is 0 Å². The van der Waals surface area contributed by atoms with Crippen LogP contribution in [0.5, 0.6) is 5.75 Å². The Labute approximate surface area is 75.9 Å². The van der Waals surface area contributed by atoms with Gasteiger partial charge in [0.2, 0.25) is 0 Å². The van der Waals surface area contributed by atoms with Crippen molar-refractivity contribution in [2.24, 2.45) is 0 Å². The largest absolute Gasteiger partial charge is 0.493 e. The van der Waals surface area contributed by atoms with Gasteiger partial charge in [-0.3, -0.25) is 0 Å². The fourth-order valence-corrected chi connectivity index (χ4v) is 1.05. The summed E-state index contributed by atoms with van der Waals surface area (Å²) in [6, 6.07) is 4.78. The Hall–Kier alpha value is -1.71. The lowest BCUT2D eigenvalue weighted by molar-refractivity contribution is 0.0694. The van der Waals surface area contributed by atoms with E-state index in [4.69, 9.17) is 15.6 Å². The molecule has 0 aliphatic heterocycles. The summed E-state index contributed by atoms with van der Waals surface area (Å²) in [4.78, 5) is 10.8. The highest BCUT2D eigenvalue weighted by atomic mass is 16.5. The molecule has 0 aliphatic rings. The van der Waals surface area contributed by atoms with Gasteiger partial charge in [0, 0.05) is 5.69 Å². The molecule has 1 aromatic carbocycles. The number of carbonyl (C=O) groups is 1. The van der Waals surface area contributed by atoms with Crippen molar-refractivity contribution in [3.63, 3.8) is 0 Å². The van der Waals surface area contributed by atoms with E-state index < -0.39 is 5.97 Å². The maximum Gasteiger partial charge on any atom is 0.341 e. The summed E-state index contributed by atoms with van der Waals surface area (Å²) in [5.74, 6) is -0.753. The molecule has 0 saturated heterocycles. The van der Waals surface area contributed by atoms with E-state index in [1.807, 2.05) is 0 Å². The van der Waals surface area contributed by atoms with Crippen LogP contribution in [0.2, 0.25) is 0 Å². The van der Waals surface area contributed by atoms with Crippen molar-refractivity contribution >= 4 is 11.7 Å². The number of nitrogens with two attached hydrogens (primary N) is 1. The number of anilines is 1. The highest BCUT2D eigenvalue weighted by molar-refractivity contribution is 5.96. The van der Waals surface area contributed by atoms with E-state index in [1.165, 1.54) is 6.07 Å². The molecule has 70 valence electrons. The molecule has 0 atom stereocenters. The third-order valence-electron chi connectivity index (χ3n) is 1.57. The number of hydrogen-bond acceptors (Lipinski definition) is 3. The zero-order valence-corrected chi connectivity index (χ0v) is 7.28. The first-order valence-electron chi connectivity index (χ1n) is 3.91. The van der Waals surface area contributed by atoms with Crippen LogP contribution in [-0.2, 0) is 0 Å². The van der Waals surface area contributed by atoms with Crippen molar-refractivity contribution in [3.05, 3.63) is 23.8 Å². The standard InChI is InChI=1S/C9H11NO3/c1-2-13-7-5-3-4-6(10)8(7)9(11)12/h3-5H,2,10H2,1H3,(H,11,12). The van der Waals surface area contributed by atoms with Gasteiger partial charge in [0.25, 0.3) is 0 Å². The predicted octanol–water partition coefficient (Wildman–Crippen LogP) is 1.37. The van der Waals surface area contributed by atoms with Crippen molar-refractivity contribution in [2.75, 3.05) is 12.3 Å². The summed E-state index contributed by atoms with van der Waals surface area (Å²) in [7, 11) is 0. The topological polar surface area (TPSA) is 72.5 Å². The van der Waals surface area contributed by atoms with Gasteiger partial charge >= 0.3 is 5.97 Å². The Kier molecular flexibility index (Phi) is 2.74. The Bertz CT molecular complexity index is 323. The number of aromatic carboxylic acids is 1. The van der Waals surface area contributed by atoms with Crippen LogP contribution in [0, 0.1) is 0 Å². The van der Waals surface area contributed by atoms with Crippen LogP contribution in [0.25, 0.3) is 0 Å². The SMILES string of the molecule is CCOc1cccc(N)c1C(=O)O. The second kappa shape index (κ2) is 3.80. The van der Waals surface area contributed by atoms with E-state index in [0.717, 1.165) is 0 Å². The normalized spacial score (nSPS) is 9.62. The molecule has 3 N–H and O–H groups in total. The third kappa shape index (κ3) is 1.90. The van der Waals surface area contributed by atoms with Crippen LogP contribution in [0.15, 0.2) is 18.2 Å². The summed E-state index contributed by atoms with van der Waals surface area (Å²) >= 11 is 0. The predicted molar refractivity (Wildman–Crippen MR) is 49.0 cm³/mol. The van der Waals surface area contributed by atoms with Gasteiger partial charge in [0.1, 0.15) is 11.3 Å². The van der Waals surface area contributed by atoms with Gasteiger partial charge in [0.05, 0.1) is 6.61 Å². The average molecular weight is 181 g/mol. The van der Waals surface area contributed by atoms with Crippen LogP contribution in [-0.4, -0.2) is 17.7 Å². The molecule has 0 fully saturated rings. The number of carboxylic acid groups (broad SMARTS) is 1.